The average molecular weight is 354 g/mol. The number of pyridine rings is 1. The third kappa shape index (κ3) is 2.90. The zero-order chi connectivity index (χ0) is 18.3. The van der Waals surface area contributed by atoms with Gasteiger partial charge in [-0.1, -0.05) is 6.08 Å². The van der Waals surface area contributed by atoms with Crippen LogP contribution in [0.15, 0.2) is 36.9 Å². The highest BCUT2D eigenvalue weighted by Gasteiger charge is 2.42. The van der Waals surface area contributed by atoms with Gasteiger partial charge >= 0.3 is 0 Å². The zero-order valence-corrected chi connectivity index (χ0v) is 15.1. The number of aliphatic hydroxyl groups excluding tert-OH is 2. The number of methoxy groups -OCH3 is 1. The first kappa shape index (κ1) is 17.5. The van der Waals surface area contributed by atoms with Gasteiger partial charge in [0.15, 0.2) is 0 Å². The van der Waals surface area contributed by atoms with Crippen LogP contribution in [0.25, 0.3) is 10.9 Å². The Bertz CT molecular complexity index is 822. The number of hydrogen-bond donors (Lipinski definition) is 2. The number of piperidine rings is 3. The van der Waals surface area contributed by atoms with Crippen LogP contribution in [0.3, 0.4) is 0 Å². The molecule has 2 aromatic rings. The van der Waals surface area contributed by atoms with Crippen LogP contribution in [0.5, 0.6) is 5.75 Å². The van der Waals surface area contributed by atoms with Crippen LogP contribution in [0.2, 0.25) is 0 Å². The maximum atomic E-state index is 11.3. The molecule has 0 aliphatic carbocycles. The first-order chi connectivity index (χ1) is 12.6. The van der Waals surface area contributed by atoms with E-state index in [1.807, 2.05) is 24.3 Å². The molecule has 4 heterocycles. The van der Waals surface area contributed by atoms with Gasteiger partial charge in [0.1, 0.15) is 5.75 Å². The topological polar surface area (TPSA) is 65.8 Å². The number of aromatic nitrogens is 1. The van der Waals surface area contributed by atoms with E-state index < -0.39 is 6.10 Å². The predicted octanol–water partition coefficient (Wildman–Crippen LogP) is 2.67. The summed E-state index contributed by atoms with van der Waals surface area (Å²) in [6.45, 7) is 5.82. The number of rotatable bonds is 5. The number of ether oxygens (including phenoxy) is 1. The number of aliphatic hydroxyl groups is 2. The van der Waals surface area contributed by atoms with Gasteiger partial charge < -0.3 is 14.9 Å². The summed E-state index contributed by atoms with van der Waals surface area (Å²) in [5, 5.41) is 21.8. The molecular weight excluding hydrogens is 328 g/mol. The molecule has 2 N–H and O–H groups in total. The Labute approximate surface area is 153 Å². The Morgan fingerprint density at radius 1 is 1.42 bits per heavy atom. The third-order valence-corrected chi connectivity index (χ3v) is 6.10. The maximum Gasteiger partial charge on any atom is 0.119 e. The lowest BCUT2D eigenvalue weighted by atomic mass is 9.73. The molecule has 5 atom stereocenters. The first-order valence-electron chi connectivity index (χ1n) is 9.27. The smallest absolute Gasteiger partial charge is 0.119 e. The molecule has 26 heavy (non-hydrogen) atoms. The Kier molecular flexibility index (Phi) is 4.69. The van der Waals surface area contributed by atoms with Crippen LogP contribution < -0.4 is 4.74 Å². The van der Waals surface area contributed by atoms with Gasteiger partial charge in [-0.2, -0.15) is 0 Å². The lowest BCUT2D eigenvalue weighted by molar-refractivity contribution is -0.0445. The molecule has 2 bridgehead atoms. The Hall–Kier alpha value is -1.95. The van der Waals surface area contributed by atoms with Crippen molar-refractivity contribution >= 4 is 10.9 Å². The summed E-state index contributed by atoms with van der Waals surface area (Å²) < 4.78 is 5.36. The molecule has 5 nitrogen and oxygen atoms in total. The number of fused-ring (bicyclic) bond motifs is 4. The summed E-state index contributed by atoms with van der Waals surface area (Å²) >= 11 is 0. The molecular formula is C21H26N2O3. The second-order valence-electron chi connectivity index (χ2n) is 7.44. The summed E-state index contributed by atoms with van der Waals surface area (Å²) in [6, 6.07) is 7.58. The Balaban J connectivity index is 1.74. The zero-order valence-electron chi connectivity index (χ0n) is 15.1. The maximum absolute atomic E-state index is 11.3. The molecule has 0 spiro atoms. The number of hydrogen-bond acceptors (Lipinski definition) is 5. The predicted molar refractivity (Wildman–Crippen MR) is 101 cm³/mol. The van der Waals surface area contributed by atoms with E-state index >= 15 is 0 Å². The van der Waals surface area contributed by atoms with Crippen molar-refractivity contribution in [2.24, 2.45) is 11.8 Å². The number of benzene rings is 1. The molecule has 138 valence electrons. The van der Waals surface area contributed by atoms with Crippen molar-refractivity contribution in [3.8, 4) is 5.75 Å². The van der Waals surface area contributed by atoms with Crippen molar-refractivity contribution in [2.75, 3.05) is 20.2 Å². The van der Waals surface area contributed by atoms with E-state index in [1.165, 1.54) is 6.42 Å². The molecule has 3 aliphatic rings. The van der Waals surface area contributed by atoms with Crippen molar-refractivity contribution in [3.63, 3.8) is 0 Å². The molecule has 3 fully saturated rings. The fourth-order valence-corrected chi connectivity index (χ4v) is 4.65. The van der Waals surface area contributed by atoms with Crippen molar-refractivity contribution < 1.29 is 14.9 Å². The van der Waals surface area contributed by atoms with E-state index in [1.54, 1.807) is 7.11 Å². The lowest BCUT2D eigenvalue weighted by Gasteiger charge is -2.50. The largest absolute Gasteiger partial charge is 0.497 e. The molecule has 3 aliphatic heterocycles. The summed E-state index contributed by atoms with van der Waals surface area (Å²) in [5.41, 5.74) is 2.17. The van der Waals surface area contributed by atoms with E-state index in [9.17, 15) is 10.2 Å². The molecule has 0 radical (unpaired) electrons. The highest BCUT2D eigenvalue weighted by atomic mass is 16.5. The van der Waals surface area contributed by atoms with Crippen molar-refractivity contribution in [2.45, 2.75) is 31.6 Å². The fourth-order valence-electron chi connectivity index (χ4n) is 4.65. The third-order valence-electron chi connectivity index (χ3n) is 6.10. The summed E-state index contributed by atoms with van der Waals surface area (Å²) in [5.74, 6) is 1.85. The molecule has 1 unspecified atom stereocenters. The second-order valence-corrected chi connectivity index (χ2v) is 7.44. The lowest BCUT2D eigenvalue weighted by Crippen LogP contribution is -2.54. The average Bonchev–Trinajstić information content (AvgIpc) is 2.72. The van der Waals surface area contributed by atoms with E-state index in [0.717, 1.165) is 41.7 Å². The van der Waals surface area contributed by atoms with Gasteiger partial charge in [0.05, 0.1) is 31.0 Å². The summed E-state index contributed by atoms with van der Waals surface area (Å²) in [6.07, 6.45) is 3.59. The fraction of sp³-hybridized carbons (Fsp3) is 0.476. The SMILES string of the molecule is C=C[C@H]1CN2CC[C@H]1C[C@H]2[C@H](O)c1cc(CO)nc2ccc(OC)cc12. The van der Waals surface area contributed by atoms with Crippen molar-refractivity contribution in [1.29, 1.82) is 0 Å². The van der Waals surface area contributed by atoms with Crippen LogP contribution in [-0.2, 0) is 6.61 Å². The van der Waals surface area contributed by atoms with Crippen LogP contribution in [0, 0.1) is 11.8 Å². The molecule has 5 heteroatoms. The van der Waals surface area contributed by atoms with Gasteiger partial charge in [-0.15, -0.1) is 6.58 Å². The van der Waals surface area contributed by atoms with E-state index in [2.05, 4.69) is 22.5 Å². The van der Waals surface area contributed by atoms with Crippen LogP contribution >= 0.6 is 0 Å². The van der Waals surface area contributed by atoms with Gasteiger partial charge in [-0.05, 0) is 61.1 Å². The van der Waals surface area contributed by atoms with Crippen molar-refractivity contribution in [1.82, 2.24) is 9.88 Å². The minimum Gasteiger partial charge on any atom is -0.497 e. The monoisotopic (exact) mass is 354 g/mol. The molecule has 1 aromatic carbocycles. The van der Waals surface area contributed by atoms with Crippen LogP contribution in [-0.4, -0.2) is 46.3 Å². The summed E-state index contributed by atoms with van der Waals surface area (Å²) in [7, 11) is 1.63. The Morgan fingerprint density at radius 2 is 2.27 bits per heavy atom. The molecule has 0 saturated carbocycles. The molecule has 1 aromatic heterocycles. The van der Waals surface area contributed by atoms with E-state index in [4.69, 9.17) is 4.74 Å². The minimum atomic E-state index is -0.619. The molecule has 0 amide bonds. The molecule has 3 saturated heterocycles. The highest BCUT2D eigenvalue weighted by molar-refractivity contribution is 5.84. The summed E-state index contributed by atoms with van der Waals surface area (Å²) in [4.78, 5) is 6.88. The van der Waals surface area contributed by atoms with E-state index in [-0.39, 0.29) is 12.6 Å². The van der Waals surface area contributed by atoms with Crippen molar-refractivity contribution in [3.05, 3.63) is 48.2 Å². The van der Waals surface area contributed by atoms with Gasteiger partial charge in [0.2, 0.25) is 0 Å². The van der Waals surface area contributed by atoms with Gasteiger partial charge in [0, 0.05) is 18.0 Å². The first-order valence-corrected chi connectivity index (χ1v) is 9.27. The minimum absolute atomic E-state index is 0.0910. The van der Waals surface area contributed by atoms with Crippen LogP contribution in [0.4, 0.5) is 0 Å². The highest BCUT2D eigenvalue weighted by Crippen LogP contribution is 2.42. The molecule has 5 rings (SSSR count). The standard InChI is InChI=1S/C21H26N2O3/c1-3-13-11-23-7-6-14(13)8-20(23)21(25)18-9-15(12-24)22-19-5-4-16(26-2)10-17(18)19/h3-5,9-10,13-14,20-21,24-25H,1,6-8,11-12H2,2H3/t13-,14-,20-,21+/m0/s1. The second kappa shape index (κ2) is 6.99. The van der Waals surface area contributed by atoms with Gasteiger partial charge in [-0.25, -0.2) is 0 Å². The quantitative estimate of drug-likeness (QED) is 0.808. The van der Waals surface area contributed by atoms with Crippen LogP contribution in [0.1, 0.15) is 30.2 Å². The normalized spacial score (nSPS) is 28.9. The number of nitrogens with zero attached hydrogens (tertiary/aromatic N) is 2. The Morgan fingerprint density at radius 3 is 2.92 bits per heavy atom. The van der Waals surface area contributed by atoms with Gasteiger partial charge in [0.25, 0.3) is 0 Å². The van der Waals surface area contributed by atoms with Gasteiger partial charge in [-0.3, -0.25) is 9.88 Å². The van der Waals surface area contributed by atoms with E-state index in [0.29, 0.717) is 17.5 Å².